The fraction of sp³-hybridized carbons (Fsp3) is 0.762. The van der Waals surface area contributed by atoms with Crippen molar-refractivity contribution in [1.82, 2.24) is 0 Å². The SMILES string of the molecule is C=CC[C@@]12C[C@@H]3O[C@@]34C(=O)OC[C@@]4(C)C1=CC[C@H]2O[Si](C)(C)C(C)(C)C. The second-order valence-electron chi connectivity index (χ2n) is 10.3. The van der Waals surface area contributed by atoms with Crippen molar-refractivity contribution in [3.8, 4) is 0 Å². The lowest BCUT2D eigenvalue weighted by atomic mass is 9.55. The van der Waals surface area contributed by atoms with E-state index in [4.69, 9.17) is 13.9 Å². The molecule has 2 saturated heterocycles. The molecule has 0 aromatic heterocycles. The van der Waals surface area contributed by atoms with E-state index in [9.17, 15) is 4.79 Å². The van der Waals surface area contributed by atoms with Crippen LogP contribution >= 0.6 is 0 Å². The number of fused-ring (bicyclic) bond motifs is 2. The first-order chi connectivity index (χ1) is 11.9. The zero-order valence-electron chi connectivity index (χ0n) is 17.0. The molecule has 5 atom stereocenters. The van der Waals surface area contributed by atoms with Crippen LogP contribution < -0.4 is 0 Å². The van der Waals surface area contributed by atoms with Crippen LogP contribution in [0.3, 0.4) is 0 Å². The van der Waals surface area contributed by atoms with Gasteiger partial charge in [-0.05, 0) is 44.3 Å². The lowest BCUT2D eigenvalue weighted by Crippen LogP contribution is -2.55. The summed E-state index contributed by atoms with van der Waals surface area (Å²) in [7, 11) is -1.91. The highest BCUT2D eigenvalue weighted by atomic mass is 28.4. The summed E-state index contributed by atoms with van der Waals surface area (Å²) in [5.41, 5.74) is 0.0786. The van der Waals surface area contributed by atoms with Gasteiger partial charge < -0.3 is 13.9 Å². The normalized spacial score (nSPS) is 43.9. The quantitative estimate of drug-likeness (QED) is 0.316. The highest BCUT2D eigenvalue weighted by Crippen LogP contribution is 2.72. The lowest BCUT2D eigenvalue weighted by molar-refractivity contribution is -0.142. The molecule has 0 radical (unpaired) electrons. The molecule has 4 aliphatic rings. The van der Waals surface area contributed by atoms with E-state index in [1.807, 2.05) is 6.08 Å². The highest BCUT2D eigenvalue weighted by Gasteiger charge is 2.83. The molecular weight excluding hydrogens is 344 g/mol. The molecule has 4 rings (SSSR count). The minimum Gasteiger partial charge on any atom is -0.462 e. The summed E-state index contributed by atoms with van der Waals surface area (Å²) in [4.78, 5) is 12.5. The van der Waals surface area contributed by atoms with Crippen LogP contribution in [-0.2, 0) is 18.7 Å². The third-order valence-electron chi connectivity index (χ3n) is 7.92. The summed E-state index contributed by atoms with van der Waals surface area (Å²) < 4.78 is 18.5. The van der Waals surface area contributed by atoms with Crippen molar-refractivity contribution in [2.45, 2.75) is 82.9 Å². The third-order valence-corrected chi connectivity index (χ3v) is 12.4. The number of carbonyl (C=O) groups is 1. The fourth-order valence-corrected chi connectivity index (χ4v) is 6.80. The summed E-state index contributed by atoms with van der Waals surface area (Å²) in [5, 5.41) is 0.163. The molecule has 0 N–H and O–H groups in total. The van der Waals surface area contributed by atoms with E-state index >= 15 is 0 Å². The number of esters is 1. The highest BCUT2D eigenvalue weighted by molar-refractivity contribution is 6.74. The number of carbonyl (C=O) groups excluding carboxylic acids is 1. The minimum absolute atomic E-state index is 0.0526. The Labute approximate surface area is 158 Å². The van der Waals surface area contributed by atoms with Crippen molar-refractivity contribution in [1.29, 1.82) is 0 Å². The predicted octanol–water partition coefficient (Wildman–Crippen LogP) is 4.37. The van der Waals surface area contributed by atoms with Crippen molar-refractivity contribution < 1.29 is 18.7 Å². The number of epoxide rings is 1. The van der Waals surface area contributed by atoms with Gasteiger partial charge in [-0.25, -0.2) is 4.79 Å². The maximum atomic E-state index is 12.5. The number of hydrogen-bond donors (Lipinski definition) is 0. The zero-order valence-corrected chi connectivity index (χ0v) is 18.0. The van der Waals surface area contributed by atoms with Crippen LogP contribution in [-0.4, -0.2) is 38.7 Å². The van der Waals surface area contributed by atoms with Crippen LogP contribution in [0.25, 0.3) is 0 Å². The Balaban J connectivity index is 1.73. The average Bonchev–Trinajstić information content (AvgIpc) is 3.08. The van der Waals surface area contributed by atoms with E-state index < -0.39 is 13.9 Å². The largest absolute Gasteiger partial charge is 0.462 e. The first-order valence-electron chi connectivity index (χ1n) is 9.79. The van der Waals surface area contributed by atoms with Crippen molar-refractivity contribution in [3.05, 3.63) is 24.3 Å². The molecule has 0 amide bonds. The molecule has 2 heterocycles. The van der Waals surface area contributed by atoms with Gasteiger partial charge in [0, 0.05) is 5.41 Å². The van der Waals surface area contributed by atoms with Crippen molar-refractivity contribution in [2.75, 3.05) is 6.61 Å². The first-order valence-corrected chi connectivity index (χ1v) is 12.7. The third kappa shape index (κ3) is 2.00. The van der Waals surface area contributed by atoms with Gasteiger partial charge in [0.15, 0.2) is 8.32 Å². The standard InChI is InChI=1S/C21H32O4Si/c1-8-11-20-12-16-21(24-16)17(22)23-13-19(21,5)14(20)9-10-15(20)25-26(6,7)18(2,3)4/h8-9,15-16H,1,10-13H2,2-7H3/t15-,16+,19+,20-,21-/m1/s1. The molecule has 144 valence electrons. The van der Waals surface area contributed by atoms with Crippen LogP contribution in [0, 0.1) is 10.8 Å². The van der Waals surface area contributed by atoms with Crippen LogP contribution in [0.2, 0.25) is 18.1 Å². The Bertz CT molecular complexity index is 705. The van der Waals surface area contributed by atoms with Crippen LogP contribution in [0.1, 0.15) is 47.0 Å². The molecule has 0 aromatic rings. The second kappa shape index (κ2) is 5.12. The van der Waals surface area contributed by atoms with E-state index in [-0.39, 0.29) is 34.0 Å². The molecule has 1 saturated carbocycles. The minimum atomic E-state index is -1.91. The van der Waals surface area contributed by atoms with Crippen LogP contribution in [0.4, 0.5) is 0 Å². The Morgan fingerprint density at radius 3 is 2.73 bits per heavy atom. The van der Waals surface area contributed by atoms with Gasteiger partial charge in [0.05, 0.1) is 11.5 Å². The number of rotatable bonds is 4. The fourth-order valence-electron chi connectivity index (χ4n) is 5.42. The van der Waals surface area contributed by atoms with E-state index in [2.05, 4.69) is 53.4 Å². The molecular formula is C21H32O4Si. The molecule has 4 nitrogen and oxygen atoms in total. The van der Waals surface area contributed by atoms with Gasteiger partial charge in [0.25, 0.3) is 0 Å². The number of hydrogen-bond acceptors (Lipinski definition) is 4. The van der Waals surface area contributed by atoms with Crippen LogP contribution in [0.5, 0.6) is 0 Å². The molecule has 3 fully saturated rings. The van der Waals surface area contributed by atoms with Gasteiger partial charge in [0.1, 0.15) is 12.7 Å². The van der Waals surface area contributed by atoms with E-state index in [0.717, 1.165) is 19.3 Å². The number of ether oxygens (including phenoxy) is 2. The van der Waals surface area contributed by atoms with Gasteiger partial charge in [-0.1, -0.05) is 38.5 Å². The van der Waals surface area contributed by atoms with Crippen molar-refractivity contribution in [2.24, 2.45) is 10.8 Å². The summed E-state index contributed by atoms with van der Waals surface area (Å²) in [6, 6.07) is 0. The van der Waals surface area contributed by atoms with Gasteiger partial charge in [-0.3, -0.25) is 0 Å². The smallest absolute Gasteiger partial charge is 0.342 e. The Morgan fingerprint density at radius 2 is 2.12 bits per heavy atom. The van der Waals surface area contributed by atoms with Gasteiger partial charge in [-0.15, -0.1) is 6.58 Å². The molecule has 2 aliphatic carbocycles. The molecule has 1 spiro atoms. The Morgan fingerprint density at radius 1 is 1.42 bits per heavy atom. The lowest BCUT2D eigenvalue weighted by Gasteiger charge is -2.49. The molecule has 26 heavy (non-hydrogen) atoms. The molecule has 2 aliphatic heterocycles. The average molecular weight is 377 g/mol. The van der Waals surface area contributed by atoms with Gasteiger partial charge in [0.2, 0.25) is 5.60 Å². The summed E-state index contributed by atoms with van der Waals surface area (Å²) in [6.45, 7) is 18.1. The summed E-state index contributed by atoms with van der Waals surface area (Å²) >= 11 is 0. The van der Waals surface area contributed by atoms with Crippen molar-refractivity contribution in [3.63, 3.8) is 0 Å². The zero-order chi connectivity index (χ0) is 19.2. The van der Waals surface area contributed by atoms with E-state index in [1.54, 1.807) is 0 Å². The van der Waals surface area contributed by atoms with E-state index in [1.165, 1.54) is 5.57 Å². The monoisotopic (exact) mass is 376 g/mol. The summed E-state index contributed by atoms with van der Waals surface area (Å²) in [5.74, 6) is -0.174. The van der Waals surface area contributed by atoms with Gasteiger partial charge in [-0.2, -0.15) is 0 Å². The maximum absolute atomic E-state index is 12.5. The molecule has 5 heteroatoms. The Kier molecular flexibility index (Phi) is 3.63. The molecule has 0 aromatic carbocycles. The van der Waals surface area contributed by atoms with Crippen LogP contribution in [0.15, 0.2) is 24.3 Å². The Hall–Kier alpha value is -0.913. The number of cyclic esters (lactones) is 1. The summed E-state index contributed by atoms with van der Waals surface area (Å²) in [6.07, 6.45) is 7.00. The predicted molar refractivity (Wildman–Crippen MR) is 103 cm³/mol. The van der Waals surface area contributed by atoms with Gasteiger partial charge >= 0.3 is 5.97 Å². The first kappa shape index (κ1) is 18.5. The molecule has 0 bridgehead atoms. The van der Waals surface area contributed by atoms with Crippen molar-refractivity contribution >= 4 is 14.3 Å². The maximum Gasteiger partial charge on any atom is 0.342 e. The van der Waals surface area contributed by atoms with E-state index in [0.29, 0.717) is 6.61 Å². The second-order valence-corrected chi connectivity index (χ2v) is 15.1. The number of allylic oxidation sites excluding steroid dienone is 1. The molecule has 0 unspecified atom stereocenters. The topological polar surface area (TPSA) is 48.1 Å².